The standard InChI is InChI=1S/C11H10O2.Y/c1-7-6-10(12)8-4-2-3-5-9(8)11(7)13;/h2-6,12-13H,1H3;/q;+1/p-1. The van der Waals surface area contributed by atoms with Crippen LogP contribution in [0.4, 0.5) is 0 Å². The van der Waals surface area contributed by atoms with E-state index in [9.17, 15) is 5.11 Å². The molecule has 2 nitrogen and oxygen atoms in total. The molecule has 0 heterocycles. The third kappa shape index (κ3) is 1.53. The average molecular weight is 262 g/mol. The molecule has 0 saturated carbocycles. The Morgan fingerprint density at radius 1 is 1.21 bits per heavy atom. The molecule has 2 aromatic carbocycles. The van der Waals surface area contributed by atoms with Crippen LogP contribution < -0.4 is 2.05 Å². The van der Waals surface area contributed by atoms with Crippen LogP contribution in [-0.4, -0.2) is 5.11 Å². The number of aromatic hydroxyl groups is 1. The van der Waals surface area contributed by atoms with Crippen LogP contribution in [-0.2, 0) is 31.5 Å². The van der Waals surface area contributed by atoms with Crippen molar-refractivity contribution in [1.29, 1.82) is 0 Å². The minimum absolute atomic E-state index is 0.319. The van der Waals surface area contributed by atoms with Gasteiger partial charge >= 0.3 is 104 Å². The molecule has 2 aromatic rings. The second-order valence-electron chi connectivity index (χ2n) is 3.21. The van der Waals surface area contributed by atoms with Crippen molar-refractivity contribution in [2.24, 2.45) is 0 Å². The number of hydrogen-bond donors (Lipinski definition) is 1. The summed E-state index contributed by atoms with van der Waals surface area (Å²) in [4.78, 5) is 0. The fourth-order valence-corrected chi connectivity index (χ4v) is 2.39. The van der Waals surface area contributed by atoms with E-state index in [1.165, 1.54) is 0 Å². The zero-order valence-electron chi connectivity index (χ0n) is 7.82. The van der Waals surface area contributed by atoms with E-state index in [0.29, 0.717) is 5.75 Å². The van der Waals surface area contributed by atoms with Crippen molar-refractivity contribution in [3.05, 3.63) is 35.9 Å². The summed E-state index contributed by atoms with van der Waals surface area (Å²) in [5, 5.41) is 11.6. The van der Waals surface area contributed by atoms with E-state index in [1.807, 2.05) is 31.2 Å². The Morgan fingerprint density at radius 3 is 2.50 bits per heavy atom. The number of rotatable bonds is 1. The SMILES string of the molecule is Cc1cc(O)c2ccccc2c1[O][Y]. The molecular weight excluding hydrogens is 253 g/mol. The van der Waals surface area contributed by atoms with Gasteiger partial charge in [0.25, 0.3) is 0 Å². The van der Waals surface area contributed by atoms with Gasteiger partial charge in [-0.15, -0.1) is 0 Å². The fraction of sp³-hybridized carbons (Fsp3) is 0.0909. The minimum atomic E-state index is 0.319. The maximum atomic E-state index is 9.73. The predicted molar refractivity (Wildman–Crippen MR) is 51.0 cm³/mol. The van der Waals surface area contributed by atoms with Gasteiger partial charge in [-0.3, -0.25) is 0 Å². The van der Waals surface area contributed by atoms with Gasteiger partial charge in [-0.1, -0.05) is 0 Å². The van der Waals surface area contributed by atoms with Gasteiger partial charge in [0.2, 0.25) is 0 Å². The number of aryl methyl sites for hydroxylation is 1. The van der Waals surface area contributed by atoms with Crippen LogP contribution in [0.2, 0.25) is 0 Å². The van der Waals surface area contributed by atoms with Crippen molar-refractivity contribution in [3.63, 3.8) is 0 Å². The Hall–Kier alpha value is -0.596. The molecule has 0 aromatic heterocycles. The number of phenolic OH excluding ortho intramolecular Hbond substituents is 1. The van der Waals surface area contributed by atoms with Crippen LogP contribution in [0, 0.1) is 6.92 Å². The summed E-state index contributed by atoms with van der Waals surface area (Å²) in [7, 11) is 0. The first-order valence-corrected chi connectivity index (χ1v) is 5.48. The molecule has 0 spiro atoms. The Bertz CT molecular complexity index is 480. The topological polar surface area (TPSA) is 29.5 Å². The van der Waals surface area contributed by atoms with E-state index in [0.717, 1.165) is 53.5 Å². The van der Waals surface area contributed by atoms with Gasteiger partial charge in [-0.2, -0.15) is 0 Å². The first-order valence-electron chi connectivity index (χ1n) is 4.32. The molecule has 0 radical (unpaired) electrons. The van der Waals surface area contributed by atoms with Gasteiger partial charge in [0.1, 0.15) is 0 Å². The van der Waals surface area contributed by atoms with E-state index in [1.54, 1.807) is 6.07 Å². The summed E-state index contributed by atoms with van der Waals surface area (Å²) in [5.41, 5.74) is 0.980. The number of benzene rings is 2. The zero-order valence-corrected chi connectivity index (χ0v) is 10.7. The molecule has 68 valence electrons. The quantitative estimate of drug-likeness (QED) is 0.856. The number of phenols is 1. The molecule has 2 rings (SSSR count). The van der Waals surface area contributed by atoms with Crippen LogP contribution in [0.3, 0.4) is 0 Å². The van der Waals surface area contributed by atoms with Crippen LogP contribution in [0.1, 0.15) is 5.56 Å². The third-order valence-corrected chi connectivity index (χ3v) is 2.86. The van der Waals surface area contributed by atoms with Gasteiger partial charge in [-0.05, 0) is 0 Å². The summed E-state index contributed by atoms with van der Waals surface area (Å²) >= 11 is 0.724. The molecule has 1 N–H and O–H groups in total. The van der Waals surface area contributed by atoms with E-state index < -0.39 is 0 Å². The molecule has 0 aliphatic rings. The third-order valence-electron chi connectivity index (χ3n) is 2.28. The molecule has 0 bridgehead atoms. The summed E-state index contributed by atoms with van der Waals surface area (Å²) in [6, 6.07) is 9.47. The maximum absolute atomic E-state index is 9.73. The van der Waals surface area contributed by atoms with Crippen molar-refractivity contribution >= 4 is 10.8 Å². The van der Waals surface area contributed by atoms with Gasteiger partial charge in [0.15, 0.2) is 0 Å². The van der Waals surface area contributed by atoms with Gasteiger partial charge < -0.3 is 0 Å². The Labute approximate surface area is 103 Å². The summed E-state index contributed by atoms with van der Waals surface area (Å²) in [5.74, 6) is 1.21. The van der Waals surface area contributed by atoms with E-state index in [-0.39, 0.29) is 0 Å². The van der Waals surface area contributed by atoms with E-state index in [4.69, 9.17) is 2.05 Å². The van der Waals surface area contributed by atoms with Crippen molar-refractivity contribution in [3.8, 4) is 11.5 Å². The van der Waals surface area contributed by atoms with Crippen LogP contribution >= 0.6 is 0 Å². The van der Waals surface area contributed by atoms with Gasteiger partial charge in [0, 0.05) is 0 Å². The fourth-order valence-electron chi connectivity index (χ4n) is 1.62. The molecular formula is C11H9O2Y. The normalized spacial score (nSPS) is 10.3. The Morgan fingerprint density at radius 2 is 1.86 bits per heavy atom. The Kier molecular flexibility index (Phi) is 2.75. The number of fused-ring (bicyclic) bond motifs is 1. The first-order chi connectivity index (χ1) is 6.74. The van der Waals surface area contributed by atoms with Crippen molar-refractivity contribution in [2.75, 3.05) is 0 Å². The van der Waals surface area contributed by atoms with Gasteiger partial charge in [0.05, 0.1) is 0 Å². The molecule has 0 aliphatic carbocycles. The van der Waals surface area contributed by atoms with E-state index in [2.05, 4.69) is 0 Å². The summed E-state index contributed by atoms with van der Waals surface area (Å²) < 4.78 is 5.43. The molecule has 0 atom stereocenters. The van der Waals surface area contributed by atoms with Crippen molar-refractivity contribution < 1.29 is 38.6 Å². The molecule has 0 amide bonds. The van der Waals surface area contributed by atoms with Crippen molar-refractivity contribution in [2.45, 2.75) is 6.92 Å². The van der Waals surface area contributed by atoms with Crippen molar-refractivity contribution in [1.82, 2.24) is 0 Å². The van der Waals surface area contributed by atoms with Crippen LogP contribution in [0.25, 0.3) is 10.8 Å². The second-order valence-corrected chi connectivity index (χ2v) is 3.78. The molecule has 14 heavy (non-hydrogen) atoms. The molecule has 0 fully saturated rings. The van der Waals surface area contributed by atoms with Crippen LogP contribution in [0.15, 0.2) is 30.3 Å². The van der Waals surface area contributed by atoms with Gasteiger partial charge in [-0.25, -0.2) is 0 Å². The molecule has 3 heteroatoms. The summed E-state index contributed by atoms with van der Waals surface area (Å²) in [6.45, 7) is 1.94. The molecule has 0 unspecified atom stereocenters. The predicted octanol–water partition coefficient (Wildman–Crippen LogP) is 2.69. The number of hydrogen-bond acceptors (Lipinski definition) is 2. The van der Waals surface area contributed by atoms with E-state index >= 15 is 0 Å². The van der Waals surface area contributed by atoms with Crippen LogP contribution in [0.5, 0.6) is 11.5 Å². The molecule has 0 aliphatic heterocycles. The average Bonchev–Trinajstić information content (AvgIpc) is 2.18. The monoisotopic (exact) mass is 262 g/mol. The molecule has 0 saturated heterocycles. The first kappa shape index (κ1) is 9.94. The second kappa shape index (κ2) is 3.87. The zero-order chi connectivity index (χ0) is 10.1. The summed E-state index contributed by atoms with van der Waals surface area (Å²) in [6.07, 6.45) is 0. The Balaban J connectivity index is 2.90.